The van der Waals surface area contributed by atoms with Crippen LogP contribution in [0.1, 0.15) is 46.4 Å². The number of rotatable bonds is 6. The van der Waals surface area contributed by atoms with E-state index in [4.69, 9.17) is 0 Å². The lowest BCUT2D eigenvalue weighted by Gasteiger charge is -2.37. The van der Waals surface area contributed by atoms with Crippen LogP contribution in [0.5, 0.6) is 0 Å². The van der Waals surface area contributed by atoms with Crippen molar-refractivity contribution in [3.8, 4) is 29.3 Å². The van der Waals surface area contributed by atoms with Gasteiger partial charge in [0.1, 0.15) is 8.07 Å². The first-order valence-electron chi connectivity index (χ1n) is 13.9. The maximum atomic E-state index is 13.7. The first-order chi connectivity index (χ1) is 18.8. The third-order valence-corrected chi connectivity index (χ3v) is 30.4. The highest BCUT2D eigenvalue weighted by Gasteiger charge is 2.47. The Morgan fingerprint density at radius 3 is 1.32 bits per heavy atom. The predicted molar refractivity (Wildman–Crippen MR) is 193 cm³/mol. The zero-order chi connectivity index (χ0) is 30.2. The molecular weight excluding hydrogens is 633 g/mol. The third kappa shape index (κ3) is 5.45. The van der Waals surface area contributed by atoms with Crippen LogP contribution in [0, 0.1) is 0 Å². The van der Waals surface area contributed by atoms with E-state index < -0.39 is 26.0 Å². The molecule has 4 aromatic rings. The summed E-state index contributed by atoms with van der Waals surface area (Å²) in [6.07, 6.45) is 3.71. The maximum Gasteiger partial charge on any atom is 0.200 e. The number of sulfone groups is 1. The fourth-order valence-electron chi connectivity index (χ4n) is 4.56. The Bertz CT molecular complexity index is 1770. The van der Waals surface area contributed by atoms with Crippen molar-refractivity contribution < 1.29 is 8.42 Å². The fraction of sp³-hybridized carbons (Fsp3) is 0.375. The second kappa shape index (κ2) is 10.4. The van der Waals surface area contributed by atoms with Crippen LogP contribution in [-0.2, 0) is 9.84 Å². The number of allylic oxidation sites excluding steroid dienone is 2. The van der Waals surface area contributed by atoms with E-state index in [-0.39, 0.29) is 5.04 Å². The summed E-state index contributed by atoms with van der Waals surface area (Å²) in [5.74, 6) is 0. The van der Waals surface area contributed by atoms with Crippen LogP contribution in [0.4, 0.5) is 0 Å². The molecule has 5 rings (SSSR count). The minimum Gasteiger partial charge on any atom is -0.219 e. The van der Waals surface area contributed by atoms with Crippen molar-refractivity contribution in [2.75, 3.05) is 0 Å². The molecule has 9 heteroatoms. The Morgan fingerprint density at radius 1 is 0.512 bits per heavy atom. The van der Waals surface area contributed by atoms with Crippen molar-refractivity contribution in [3.63, 3.8) is 0 Å². The lowest BCUT2D eigenvalue weighted by atomic mass is 10.2. The van der Waals surface area contributed by atoms with Gasteiger partial charge < -0.3 is 0 Å². The van der Waals surface area contributed by atoms with Gasteiger partial charge >= 0.3 is 0 Å². The molecule has 0 aliphatic carbocycles. The van der Waals surface area contributed by atoms with Gasteiger partial charge in [0.2, 0.25) is 0 Å². The summed E-state index contributed by atoms with van der Waals surface area (Å²) in [5, 5.41) is 0.286. The molecule has 5 heterocycles. The lowest BCUT2D eigenvalue weighted by molar-refractivity contribution is 0.612. The van der Waals surface area contributed by atoms with Gasteiger partial charge in [-0.05, 0) is 63.1 Å². The molecule has 0 fully saturated rings. The van der Waals surface area contributed by atoms with Crippen molar-refractivity contribution in [1.82, 2.24) is 0 Å². The second-order valence-electron chi connectivity index (χ2n) is 14.0. The molecule has 41 heavy (non-hydrogen) atoms. The zero-order valence-corrected chi connectivity index (χ0v) is 31.7. The van der Waals surface area contributed by atoms with Crippen LogP contribution in [0.15, 0.2) is 65.2 Å². The standard InChI is InChI=1S/C32H40O2S5Si2/c1-31(2,3)40(7,8)29-19-17-26(38-29)25-14-13-22(36-25)21-11-12-23(35-21)24-15-16-27(37-24)28-18-20-30(39(28,33)34)41(9,10)32(4,5)6/h11-20H,1-10H3. The first-order valence-corrected chi connectivity index (χ1v) is 24.7. The van der Waals surface area contributed by atoms with Crippen molar-refractivity contribution in [2.45, 2.75) is 77.8 Å². The molecule has 0 amide bonds. The van der Waals surface area contributed by atoms with Crippen LogP contribution >= 0.6 is 45.3 Å². The minimum atomic E-state index is -3.47. The Labute approximate surface area is 264 Å². The SMILES string of the molecule is CC(C)(C)[Si](C)(C)C1=CC=C(c2ccc(-c3ccc(-c4ccc(-c5ccc([Si](C)(C)C(C)(C)C)s5)s4)s3)s2)S1(=O)=O. The number of thiophene rings is 4. The molecule has 0 atom stereocenters. The largest absolute Gasteiger partial charge is 0.219 e. The summed E-state index contributed by atoms with van der Waals surface area (Å²) in [6, 6.07) is 17.6. The highest BCUT2D eigenvalue weighted by atomic mass is 32.2. The zero-order valence-electron chi connectivity index (χ0n) is 25.6. The van der Waals surface area contributed by atoms with Crippen LogP contribution in [0.3, 0.4) is 0 Å². The van der Waals surface area contributed by atoms with Gasteiger partial charge in [0, 0.05) is 38.7 Å². The average Bonchev–Trinajstić information content (AvgIpc) is 3.66. The van der Waals surface area contributed by atoms with Gasteiger partial charge in [0.05, 0.1) is 13.0 Å². The molecule has 1 aliphatic heterocycles. The quantitative estimate of drug-likeness (QED) is 0.191. The molecule has 0 aromatic carbocycles. The van der Waals surface area contributed by atoms with Gasteiger partial charge in [-0.1, -0.05) is 79.9 Å². The molecule has 0 saturated carbocycles. The van der Waals surface area contributed by atoms with Gasteiger partial charge in [0.15, 0.2) is 9.84 Å². The van der Waals surface area contributed by atoms with E-state index in [0.29, 0.717) is 14.5 Å². The molecule has 0 radical (unpaired) electrons. The van der Waals surface area contributed by atoms with E-state index in [1.54, 1.807) is 27.2 Å². The summed E-state index contributed by atoms with van der Waals surface area (Å²) in [7, 11) is -7.19. The van der Waals surface area contributed by atoms with E-state index in [2.05, 4.69) is 110 Å². The van der Waals surface area contributed by atoms with E-state index in [1.807, 2.05) is 40.9 Å². The van der Waals surface area contributed by atoms with Crippen LogP contribution in [0.25, 0.3) is 34.2 Å². The summed E-state index contributed by atoms with van der Waals surface area (Å²) >= 11 is 7.18. The van der Waals surface area contributed by atoms with Gasteiger partial charge in [-0.25, -0.2) is 8.42 Å². The average molecular weight is 673 g/mol. The minimum absolute atomic E-state index is 0.0403. The second-order valence-corrected chi connectivity index (χ2v) is 31.5. The molecule has 0 bridgehead atoms. The highest BCUT2D eigenvalue weighted by Crippen LogP contribution is 2.49. The molecule has 1 aliphatic rings. The molecule has 218 valence electrons. The summed E-state index contributed by atoms with van der Waals surface area (Å²) < 4.78 is 29.5. The Morgan fingerprint density at radius 2 is 0.878 bits per heavy atom. The normalized spacial score (nSPS) is 16.2. The Hall–Kier alpha value is -1.34. The van der Waals surface area contributed by atoms with E-state index in [9.17, 15) is 8.42 Å². The summed E-state index contributed by atoms with van der Waals surface area (Å²) in [6.45, 7) is 22.9. The highest BCUT2D eigenvalue weighted by molar-refractivity contribution is 8.06. The number of hydrogen-bond acceptors (Lipinski definition) is 6. The number of hydrogen-bond donors (Lipinski definition) is 0. The van der Waals surface area contributed by atoms with E-state index in [0.717, 1.165) is 9.75 Å². The molecule has 2 nitrogen and oxygen atoms in total. The van der Waals surface area contributed by atoms with Crippen LogP contribution < -0.4 is 4.50 Å². The van der Waals surface area contributed by atoms with Crippen LogP contribution in [-0.4, -0.2) is 24.6 Å². The topological polar surface area (TPSA) is 34.1 Å². The maximum absolute atomic E-state index is 13.7. The monoisotopic (exact) mass is 672 g/mol. The van der Waals surface area contributed by atoms with E-state index in [1.165, 1.54) is 24.4 Å². The fourth-order valence-corrected chi connectivity index (χ4v) is 18.7. The van der Waals surface area contributed by atoms with Crippen molar-refractivity contribution >= 4 is 80.7 Å². The van der Waals surface area contributed by atoms with Gasteiger partial charge in [-0.15, -0.1) is 45.3 Å². The smallest absolute Gasteiger partial charge is 0.200 e. The molecule has 0 spiro atoms. The summed E-state index contributed by atoms with van der Waals surface area (Å²) in [4.78, 5) is 8.79. The van der Waals surface area contributed by atoms with Gasteiger partial charge in [-0.3, -0.25) is 0 Å². The predicted octanol–water partition coefficient (Wildman–Crippen LogP) is 11.3. The van der Waals surface area contributed by atoms with Gasteiger partial charge in [0.25, 0.3) is 0 Å². The van der Waals surface area contributed by atoms with Crippen molar-refractivity contribution in [2.24, 2.45) is 0 Å². The Kier molecular flexibility index (Phi) is 7.88. The molecule has 0 unspecified atom stereocenters. The van der Waals surface area contributed by atoms with Crippen molar-refractivity contribution in [3.05, 3.63) is 70.1 Å². The van der Waals surface area contributed by atoms with Gasteiger partial charge in [-0.2, -0.15) is 0 Å². The first kappa shape index (κ1) is 31.1. The molecule has 4 aromatic heterocycles. The molecule has 0 saturated heterocycles. The van der Waals surface area contributed by atoms with Crippen LogP contribution in [0.2, 0.25) is 36.3 Å². The van der Waals surface area contributed by atoms with Crippen molar-refractivity contribution in [1.29, 1.82) is 0 Å². The molecule has 0 N–H and O–H groups in total. The third-order valence-electron chi connectivity index (χ3n) is 9.34. The lowest BCUT2D eigenvalue weighted by Crippen LogP contribution is -2.47. The summed E-state index contributed by atoms with van der Waals surface area (Å²) in [5.41, 5.74) is 0. The Balaban J connectivity index is 1.35. The molecular formula is C32H40O2S5Si2. The van der Waals surface area contributed by atoms with E-state index >= 15 is 0 Å².